The van der Waals surface area contributed by atoms with Gasteiger partial charge in [-0.1, -0.05) is 27.7 Å². The summed E-state index contributed by atoms with van der Waals surface area (Å²) < 4.78 is 38.0. The second-order valence-electron chi connectivity index (χ2n) is 7.82. The SMILES string of the molecule is Cc1nnsc1C(=O)NC1CCN(S(=O)(=O)c2cc(C#N)ccc2Oc2cc(Cl)cc(Cl)c2)CC1. The van der Waals surface area contributed by atoms with Gasteiger partial charge in [0.2, 0.25) is 10.0 Å². The van der Waals surface area contributed by atoms with Crippen LogP contribution in [0.15, 0.2) is 41.3 Å². The molecule has 1 aromatic heterocycles. The monoisotopic (exact) mass is 551 g/mol. The molecular weight excluding hydrogens is 533 g/mol. The van der Waals surface area contributed by atoms with Crippen molar-refractivity contribution in [2.75, 3.05) is 13.1 Å². The maximum atomic E-state index is 13.5. The summed E-state index contributed by atoms with van der Waals surface area (Å²) in [4.78, 5) is 12.8. The number of nitrogens with one attached hydrogen (secondary N) is 1. The first-order valence-electron chi connectivity index (χ1n) is 10.5. The molecule has 0 aliphatic carbocycles. The van der Waals surface area contributed by atoms with Crippen molar-refractivity contribution in [3.63, 3.8) is 0 Å². The number of benzene rings is 2. The largest absolute Gasteiger partial charge is 0.456 e. The third-order valence-electron chi connectivity index (χ3n) is 5.40. The smallest absolute Gasteiger partial charge is 0.265 e. The molecule has 1 N–H and O–H groups in total. The summed E-state index contributed by atoms with van der Waals surface area (Å²) in [5.74, 6) is 0.0419. The van der Waals surface area contributed by atoms with Crippen molar-refractivity contribution in [3.05, 3.63) is 62.6 Å². The molecule has 0 unspecified atom stereocenters. The van der Waals surface area contributed by atoms with Gasteiger partial charge in [0.15, 0.2) is 0 Å². The second-order valence-corrected chi connectivity index (χ2v) is 11.4. The van der Waals surface area contributed by atoms with Crippen LogP contribution in [0.5, 0.6) is 11.5 Å². The highest BCUT2D eigenvalue weighted by molar-refractivity contribution is 7.89. The summed E-state index contributed by atoms with van der Waals surface area (Å²) in [5, 5.41) is 16.8. The first-order chi connectivity index (χ1) is 16.7. The summed E-state index contributed by atoms with van der Waals surface area (Å²) >= 11 is 13.1. The van der Waals surface area contributed by atoms with Crippen molar-refractivity contribution >= 4 is 50.7 Å². The zero-order valence-corrected chi connectivity index (χ0v) is 21.5. The number of hydrogen-bond donors (Lipinski definition) is 1. The van der Waals surface area contributed by atoms with Crippen molar-refractivity contribution in [1.82, 2.24) is 19.2 Å². The van der Waals surface area contributed by atoms with E-state index in [1.807, 2.05) is 6.07 Å². The molecule has 2 heterocycles. The van der Waals surface area contributed by atoms with Crippen LogP contribution in [0.1, 0.15) is 33.8 Å². The standard InChI is InChI=1S/C22H19Cl2N5O4S2/c1-13-21(34-28-27-13)22(30)26-17-4-6-29(7-5-17)35(31,32)20-8-14(12-25)2-3-19(20)33-18-10-15(23)9-16(24)11-18/h2-3,8-11,17H,4-7H2,1H3,(H,26,30). The van der Waals surface area contributed by atoms with Crippen molar-refractivity contribution in [1.29, 1.82) is 5.26 Å². The maximum absolute atomic E-state index is 13.5. The zero-order chi connectivity index (χ0) is 25.2. The van der Waals surface area contributed by atoms with Crippen LogP contribution in [0.2, 0.25) is 10.0 Å². The summed E-state index contributed by atoms with van der Waals surface area (Å²) in [7, 11) is -4.01. The number of nitrogens with zero attached hydrogens (tertiary/aromatic N) is 4. The number of sulfonamides is 1. The van der Waals surface area contributed by atoms with Crippen molar-refractivity contribution in [2.24, 2.45) is 0 Å². The van der Waals surface area contributed by atoms with Gasteiger partial charge in [-0.15, -0.1) is 5.10 Å². The van der Waals surface area contributed by atoms with Crippen LogP contribution in [-0.2, 0) is 10.0 Å². The number of carbonyl (C=O) groups excluding carboxylic acids is 1. The molecule has 2 aromatic carbocycles. The van der Waals surface area contributed by atoms with E-state index in [4.69, 9.17) is 27.9 Å². The molecule has 9 nitrogen and oxygen atoms in total. The van der Waals surface area contributed by atoms with Gasteiger partial charge in [-0.05, 0) is 67.7 Å². The lowest BCUT2D eigenvalue weighted by Crippen LogP contribution is -2.46. The molecule has 3 aromatic rings. The predicted octanol–water partition coefficient (Wildman–Crippen LogP) is 4.40. The van der Waals surface area contributed by atoms with E-state index < -0.39 is 10.0 Å². The van der Waals surface area contributed by atoms with Gasteiger partial charge in [-0.25, -0.2) is 8.42 Å². The molecule has 0 bridgehead atoms. The van der Waals surface area contributed by atoms with Crippen LogP contribution < -0.4 is 10.1 Å². The van der Waals surface area contributed by atoms with E-state index in [1.54, 1.807) is 6.92 Å². The highest BCUT2D eigenvalue weighted by Crippen LogP contribution is 2.35. The molecule has 1 aliphatic rings. The fourth-order valence-electron chi connectivity index (χ4n) is 3.65. The highest BCUT2D eigenvalue weighted by Gasteiger charge is 2.33. The molecule has 0 atom stereocenters. The van der Waals surface area contributed by atoms with E-state index in [0.717, 1.165) is 11.5 Å². The Hall–Kier alpha value is -2.75. The van der Waals surface area contributed by atoms with Crippen molar-refractivity contribution in [2.45, 2.75) is 30.7 Å². The number of piperidine rings is 1. The van der Waals surface area contributed by atoms with Crippen LogP contribution in [0, 0.1) is 18.3 Å². The summed E-state index contributed by atoms with van der Waals surface area (Å²) in [6, 6.07) is 10.5. The Morgan fingerprint density at radius 3 is 2.49 bits per heavy atom. The Morgan fingerprint density at radius 2 is 1.89 bits per heavy atom. The second kappa shape index (κ2) is 10.5. The minimum atomic E-state index is -4.01. The Kier molecular flexibility index (Phi) is 7.59. The Bertz CT molecular complexity index is 1390. The zero-order valence-electron chi connectivity index (χ0n) is 18.4. The van der Waals surface area contributed by atoms with Gasteiger partial charge in [0.25, 0.3) is 5.91 Å². The van der Waals surface area contributed by atoms with E-state index in [-0.39, 0.29) is 47.0 Å². The fraction of sp³-hybridized carbons (Fsp3) is 0.273. The Labute approximate surface area is 216 Å². The third kappa shape index (κ3) is 5.74. The first kappa shape index (κ1) is 25.3. The Morgan fingerprint density at radius 1 is 1.20 bits per heavy atom. The number of ether oxygens (including phenoxy) is 1. The van der Waals surface area contributed by atoms with Gasteiger partial charge in [0, 0.05) is 29.2 Å². The van der Waals surface area contributed by atoms with Gasteiger partial charge in [-0.3, -0.25) is 4.79 Å². The Balaban J connectivity index is 1.52. The molecule has 0 saturated carbocycles. The lowest BCUT2D eigenvalue weighted by molar-refractivity contribution is 0.0927. The topological polar surface area (TPSA) is 125 Å². The molecular formula is C22H19Cl2N5O4S2. The minimum absolute atomic E-state index is 0.0472. The summed E-state index contributed by atoms with van der Waals surface area (Å²) in [6.45, 7) is 2.08. The van der Waals surface area contributed by atoms with Gasteiger partial charge >= 0.3 is 0 Å². The number of aromatic nitrogens is 2. The predicted molar refractivity (Wildman–Crippen MR) is 132 cm³/mol. The van der Waals surface area contributed by atoms with E-state index in [0.29, 0.717) is 33.5 Å². The van der Waals surface area contributed by atoms with Crippen LogP contribution >= 0.6 is 34.7 Å². The average Bonchev–Trinajstić information content (AvgIpc) is 3.25. The molecule has 1 amide bonds. The molecule has 182 valence electrons. The number of hydrogen-bond acceptors (Lipinski definition) is 8. The van der Waals surface area contributed by atoms with Crippen molar-refractivity contribution in [3.8, 4) is 17.6 Å². The van der Waals surface area contributed by atoms with Gasteiger partial charge in [0.05, 0.1) is 17.3 Å². The minimum Gasteiger partial charge on any atom is -0.456 e. The van der Waals surface area contributed by atoms with Gasteiger partial charge in [-0.2, -0.15) is 9.57 Å². The quantitative estimate of drug-likeness (QED) is 0.481. The fourth-order valence-corrected chi connectivity index (χ4v) is 6.32. The molecule has 35 heavy (non-hydrogen) atoms. The summed E-state index contributed by atoms with van der Waals surface area (Å²) in [5.41, 5.74) is 0.731. The first-order valence-corrected chi connectivity index (χ1v) is 13.4. The van der Waals surface area contributed by atoms with Crippen LogP contribution in [0.3, 0.4) is 0 Å². The molecule has 13 heteroatoms. The lowest BCUT2D eigenvalue weighted by Gasteiger charge is -2.32. The number of aryl methyl sites for hydroxylation is 1. The van der Waals surface area contributed by atoms with E-state index in [9.17, 15) is 18.5 Å². The van der Waals surface area contributed by atoms with Crippen LogP contribution in [-0.4, -0.2) is 47.3 Å². The van der Waals surface area contributed by atoms with E-state index >= 15 is 0 Å². The molecule has 0 radical (unpaired) electrons. The molecule has 4 rings (SSSR count). The number of amides is 1. The normalized spacial score (nSPS) is 14.9. The molecule has 0 spiro atoms. The number of carbonyl (C=O) groups is 1. The highest BCUT2D eigenvalue weighted by atomic mass is 35.5. The number of rotatable bonds is 6. The lowest BCUT2D eigenvalue weighted by atomic mass is 10.1. The molecule has 1 saturated heterocycles. The number of halogens is 2. The van der Waals surface area contributed by atoms with E-state index in [2.05, 4.69) is 14.9 Å². The van der Waals surface area contributed by atoms with Crippen LogP contribution in [0.4, 0.5) is 0 Å². The van der Waals surface area contributed by atoms with Gasteiger partial charge in [0.1, 0.15) is 21.3 Å². The average molecular weight is 552 g/mol. The third-order valence-corrected chi connectivity index (χ3v) is 8.58. The summed E-state index contributed by atoms with van der Waals surface area (Å²) in [6.07, 6.45) is 0.850. The van der Waals surface area contributed by atoms with Gasteiger partial charge < -0.3 is 10.1 Å². The number of nitriles is 1. The van der Waals surface area contributed by atoms with Crippen LogP contribution in [0.25, 0.3) is 0 Å². The van der Waals surface area contributed by atoms with E-state index in [1.165, 1.54) is 40.7 Å². The maximum Gasteiger partial charge on any atom is 0.265 e. The molecule has 1 fully saturated rings. The molecule has 1 aliphatic heterocycles. The van der Waals surface area contributed by atoms with Crippen molar-refractivity contribution < 1.29 is 17.9 Å².